The summed E-state index contributed by atoms with van der Waals surface area (Å²) in [4.78, 5) is 62.7. The standard InChI is InChI=1S/C34H34FN7O15P2S/c1-50-26-22-13-51-58(47,48)56-27-24(35)21(54-31(27)42-16-39-25-29(36)37-15-38-30(25)42)12-52-59(49,57-28(26)32(55-22)41-11-10-23(44)40-34(41)46)60-14-17-2-8-20(9-3-17)53-33(45)18-4-6-19(43)7-5-18/h2-11,15-16,21-22,24,26-28,31-32,43H,12-14H2,1H3,(H,47,48)(H2,36,37,38)(H,40,44,46)/t21-,22-,24-,26-,27-,28-,31-,32-,59+/m1/s1. The normalized spacial score (nSPS) is 30.9. The predicted molar refractivity (Wildman–Crippen MR) is 204 cm³/mol. The summed E-state index contributed by atoms with van der Waals surface area (Å²) in [6.45, 7) is -6.10. The minimum absolute atomic E-state index is 0.00882. The maximum absolute atomic E-state index is 16.5. The highest BCUT2D eigenvalue weighted by molar-refractivity contribution is 8.54. The number of phosphoric ester groups is 1. The van der Waals surface area contributed by atoms with Crippen LogP contribution in [0.1, 0.15) is 28.4 Å². The molecule has 22 nitrogen and oxygen atoms in total. The molecule has 8 rings (SSSR count). The number of nitrogen functional groups attached to an aromatic ring is 1. The Morgan fingerprint density at radius 3 is 2.42 bits per heavy atom. The quantitative estimate of drug-likeness (QED) is 0.0989. The van der Waals surface area contributed by atoms with Gasteiger partial charge in [0.05, 0.1) is 25.1 Å². The smallest absolute Gasteiger partial charge is 0.472 e. The van der Waals surface area contributed by atoms with Crippen LogP contribution in [0.4, 0.5) is 10.2 Å². The number of esters is 1. The van der Waals surface area contributed by atoms with Crippen molar-refractivity contribution in [2.75, 3.05) is 26.1 Å². The number of imidazole rings is 1. The van der Waals surface area contributed by atoms with E-state index in [1.807, 2.05) is 0 Å². The number of phosphoric acid groups is 1. The van der Waals surface area contributed by atoms with E-state index in [2.05, 4.69) is 19.9 Å². The lowest BCUT2D eigenvalue weighted by molar-refractivity contribution is -0.0669. The molecule has 318 valence electrons. The Bertz CT molecular complexity index is 2600. The zero-order chi connectivity index (χ0) is 42.3. The molecule has 3 aliphatic rings. The molecule has 6 heterocycles. The number of methoxy groups -OCH3 is 1. The van der Waals surface area contributed by atoms with Crippen molar-refractivity contribution < 1.29 is 65.4 Å². The fourth-order valence-electron chi connectivity index (χ4n) is 6.65. The van der Waals surface area contributed by atoms with Crippen molar-refractivity contribution >= 4 is 49.0 Å². The molecule has 3 aliphatic heterocycles. The molecule has 3 saturated heterocycles. The molecule has 0 saturated carbocycles. The zero-order valence-electron chi connectivity index (χ0n) is 30.9. The van der Waals surface area contributed by atoms with E-state index in [1.165, 1.54) is 54.4 Å². The number of aromatic amines is 1. The average Bonchev–Trinajstić information content (AvgIpc) is 3.89. The lowest BCUT2D eigenvalue weighted by atomic mass is 10.1. The van der Waals surface area contributed by atoms with E-state index in [0.717, 1.165) is 23.2 Å². The Hall–Kier alpha value is -4.84. The molecule has 3 fully saturated rings. The van der Waals surface area contributed by atoms with E-state index in [-0.39, 0.29) is 39.8 Å². The highest BCUT2D eigenvalue weighted by Crippen LogP contribution is 2.65. The summed E-state index contributed by atoms with van der Waals surface area (Å²) in [5.74, 6) is -0.598. The molecule has 26 heteroatoms. The Morgan fingerprint density at radius 1 is 0.967 bits per heavy atom. The summed E-state index contributed by atoms with van der Waals surface area (Å²) in [6, 6.07) is 12.7. The average molecular weight is 894 g/mol. The number of nitrogens with one attached hydrogen (secondary N) is 1. The summed E-state index contributed by atoms with van der Waals surface area (Å²) >= 11 is 0.666. The number of rotatable bonds is 8. The van der Waals surface area contributed by atoms with Crippen molar-refractivity contribution in [3.05, 3.63) is 105 Å². The number of H-pyrrole nitrogens is 1. The van der Waals surface area contributed by atoms with Gasteiger partial charge in [-0.15, -0.1) is 0 Å². The van der Waals surface area contributed by atoms with Crippen molar-refractivity contribution in [1.82, 2.24) is 29.1 Å². The molecule has 1 unspecified atom stereocenters. The van der Waals surface area contributed by atoms with E-state index < -0.39 is 94.2 Å². The minimum atomic E-state index is -5.17. The number of hydrogen-bond acceptors (Lipinski definition) is 19. The molecular formula is C34H34FN7O15P2S. The van der Waals surface area contributed by atoms with Gasteiger partial charge in [-0.25, -0.2) is 38.1 Å². The first-order valence-corrected chi connectivity index (χ1v) is 22.4. The number of aromatic nitrogens is 6. The van der Waals surface area contributed by atoms with Crippen molar-refractivity contribution in [2.24, 2.45) is 0 Å². The first kappa shape index (κ1) is 41.9. The highest BCUT2D eigenvalue weighted by atomic mass is 32.7. The van der Waals surface area contributed by atoms with E-state index in [0.29, 0.717) is 16.9 Å². The number of anilines is 1. The van der Waals surface area contributed by atoms with Gasteiger partial charge in [0.25, 0.3) is 5.56 Å². The monoisotopic (exact) mass is 893 g/mol. The third-order valence-corrected chi connectivity index (χ3v) is 14.2. The van der Waals surface area contributed by atoms with Crippen LogP contribution < -0.4 is 21.7 Å². The van der Waals surface area contributed by atoms with Gasteiger partial charge >= 0.3 is 26.3 Å². The number of aromatic hydroxyl groups is 1. The summed E-state index contributed by atoms with van der Waals surface area (Å²) < 4.78 is 93.0. The van der Waals surface area contributed by atoms with Gasteiger partial charge in [0.2, 0.25) is 0 Å². The second-order valence-corrected chi connectivity index (χ2v) is 18.8. The number of nitrogens with two attached hydrogens (primary N) is 1. The predicted octanol–water partition coefficient (Wildman–Crippen LogP) is 2.99. The molecular weight excluding hydrogens is 859 g/mol. The van der Waals surface area contributed by atoms with Crippen LogP contribution >= 0.6 is 26.0 Å². The van der Waals surface area contributed by atoms with E-state index in [1.54, 1.807) is 12.1 Å². The number of benzene rings is 2. The molecule has 5 N–H and O–H groups in total. The SMILES string of the molecule is CO[C@H]1[C@H]2O[P@@](=O)(SCc3ccc(OC(=O)c4ccc(O)cc4)cc3)OC[C@H]3O[C@@H](n4cnc5c(N)ncnc54)[C@H](OP(=O)(O)OC[C@H]1O[C@H]2n1ccc(=O)[nH]c1=O)[C@@H]3F. The van der Waals surface area contributed by atoms with Gasteiger partial charge in [0.1, 0.15) is 53.9 Å². The Labute approximate surface area is 340 Å². The van der Waals surface area contributed by atoms with E-state index >= 15 is 4.39 Å². The molecule has 10 atom stereocenters. The Kier molecular flexibility index (Phi) is 11.8. The third-order valence-electron chi connectivity index (χ3n) is 9.54. The number of ether oxygens (including phenoxy) is 4. The Balaban J connectivity index is 1.10. The molecule has 0 amide bonds. The molecule has 0 radical (unpaired) electrons. The Morgan fingerprint density at radius 2 is 1.68 bits per heavy atom. The molecule has 60 heavy (non-hydrogen) atoms. The number of alkyl halides is 1. The maximum atomic E-state index is 16.5. The summed E-state index contributed by atoms with van der Waals surface area (Å²) in [6.07, 6.45) is -9.40. The van der Waals surface area contributed by atoms with Gasteiger partial charge in [0, 0.05) is 25.1 Å². The van der Waals surface area contributed by atoms with Crippen LogP contribution in [0.15, 0.2) is 83.0 Å². The van der Waals surface area contributed by atoms with Crippen LogP contribution in [0.2, 0.25) is 0 Å². The van der Waals surface area contributed by atoms with Crippen molar-refractivity contribution in [1.29, 1.82) is 0 Å². The lowest BCUT2D eigenvalue weighted by Crippen LogP contribution is -2.40. The maximum Gasteiger partial charge on any atom is 0.472 e. The molecule has 4 bridgehead atoms. The van der Waals surface area contributed by atoms with E-state index in [9.17, 15) is 33.5 Å². The van der Waals surface area contributed by atoms with Crippen LogP contribution in [0.3, 0.4) is 0 Å². The van der Waals surface area contributed by atoms with Crippen LogP contribution in [-0.4, -0.2) is 102 Å². The summed E-state index contributed by atoms with van der Waals surface area (Å²) in [5.41, 5.74) is 5.20. The van der Waals surface area contributed by atoms with Crippen molar-refractivity contribution in [3.8, 4) is 11.5 Å². The first-order chi connectivity index (χ1) is 28.7. The highest BCUT2D eigenvalue weighted by Gasteiger charge is 2.55. The fourth-order valence-corrected chi connectivity index (χ4v) is 10.9. The molecule has 0 spiro atoms. The van der Waals surface area contributed by atoms with Gasteiger partial charge in [-0.1, -0.05) is 12.1 Å². The number of phenols is 1. The van der Waals surface area contributed by atoms with Crippen molar-refractivity contribution in [3.63, 3.8) is 0 Å². The number of carbonyl (C=O) groups excluding carboxylic acids is 1. The largest absolute Gasteiger partial charge is 0.508 e. The second kappa shape index (κ2) is 16.9. The van der Waals surface area contributed by atoms with Crippen molar-refractivity contribution in [2.45, 2.75) is 54.9 Å². The topological polar surface area (TPSA) is 290 Å². The van der Waals surface area contributed by atoms with E-state index in [4.69, 9.17) is 42.8 Å². The van der Waals surface area contributed by atoms with Crippen LogP contribution in [-0.2, 0) is 47.2 Å². The van der Waals surface area contributed by atoms with Crippen LogP contribution in [0.5, 0.6) is 11.5 Å². The zero-order valence-corrected chi connectivity index (χ0v) is 33.5. The van der Waals surface area contributed by atoms with Crippen LogP contribution in [0.25, 0.3) is 11.2 Å². The van der Waals surface area contributed by atoms with Gasteiger partial charge in [-0.3, -0.25) is 37.0 Å². The minimum Gasteiger partial charge on any atom is -0.508 e. The van der Waals surface area contributed by atoms with Crippen LogP contribution in [0, 0.1) is 0 Å². The number of nitrogens with zero attached hydrogens (tertiary/aromatic N) is 5. The fraction of sp³-hybridized carbons (Fsp3) is 0.353. The molecule has 5 aromatic rings. The summed E-state index contributed by atoms with van der Waals surface area (Å²) in [7, 11) is -3.94. The number of fused-ring (bicyclic) bond motifs is 5. The number of carbonyl (C=O) groups is 1. The molecule has 3 aromatic heterocycles. The third kappa shape index (κ3) is 8.67. The second-order valence-electron chi connectivity index (χ2n) is 13.4. The van der Waals surface area contributed by atoms with Gasteiger partial charge < -0.3 is 34.7 Å². The molecule has 0 aliphatic carbocycles. The summed E-state index contributed by atoms with van der Waals surface area (Å²) in [5, 5.41) is 9.52. The number of phenolic OH excluding ortho intramolecular Hbond substituents is 1. The molecule has 2 aromatic carbocycles. The lowest BCUT2D eigenvalue weighted by Gasteiger charge is -2.29. The van der Waals surface area contributed by atoms with Gasteiger partial charge in [-0.2, -0.15) is 0 Å². The van der Waals surface area contributed by atoms with Gasteiger partial charge in [0.15, 0.2) is 30.1 Å². The number of hydrogen-bond donors (Lipinski definition) is 4. The number of halogens is 1. The van der Waals surface area contributed by atoms with Gasteiger partial charge in [-0.05, 0) is 53.3 Å². The first-order valence-electron chi connectivity index (χ1n) is 17.8.